The van der Waals surface area contributed by atoms with E-state index in [1.54, 1.807) is 0 Å². The summed E-state index contributed by atoms with van der Waals surface area (Å²) in [7, 11) is 0. The van der Waals surface area contributed by atoms with Gasteiger partial charge in [0.1, 0.15) is 0 Å². The zero-order chi connectivity index (χ0) is 12.1. The number of rotatable bonds is 5. The highest BCUT2D eigenvalue weighted by atomic mass is 32.2. The Hall–Kier alpha value is -0.120. The van der Waals surface area contributed by atoms with Gasteiger partial charge in [0.25, 0.3) is 0 Å². The highest BCUT2D eigenvalue weighted by Crippen LogP contribution is 2.36. The van der Waals surface area contributed by atoms with Crippen LogP contribution in [0.25, 0.3) is 0 Å². The van der Waals surface area contributed by atoms with Gasteiger partial charge in [0.2, 0.25) is 0 Å². The molecule has 17 heavy (non-hydrogen) atoms. The minimum absolute atomic E-state index is 0.555. The molecular formula is C14H21NS2. The summed E-state index contributed by atoms with van der Waals surface area (Å²) >= 11 is 4.01. The van der Waals surface area contributed by atoms with Gasteiger partial charge in [-0.2, -0.15) is 11.8 Å². The average molecular weight is 267 g/mol. The summed E-state index contributed by atoms with van der Waals surface area (Å²) in [4.78, 5) is 1.46. The Morgan fingerprint density at radius 2 is 2.29 bits per heavy atom. The molecule has 1 aromatic rings. The second-order valence-electron chi connectivity index (χ2n) is 4.45. The van der Waals surface area contributed by atoms with Crippen LogP contribution in [-0.2, 0) is 0 Å². The summed E-state index contributed by atoms with van der Waals surface area (Å²) in [6.45, 7) is 4.52. The van der Waals surface area contributed by atoms with E-state index in [0.717, 1.165) is 0 Å². The smallest absolute Gasteiger partial charge is 0.0341 e. The molecule has 3 heteroatoms. The normalized spacial score (nSPS) is 20.9. The maximum Gasteiger partial charge on any atom is 0.0341 e. The molecule has 0 aliphatic carbocycles. The standard InChI is InChI=1S/C14H21NS2/c1-3-16-10-11(2)15-13-8-9-17-14-7-5-4-6-12(13)14/h4-7,11,13,15H,3,8-10H2,1-2H3. The van der Waals surface area contributed by atoms with Crippen LogP contribution in [-0.4, -0.2) is 23.3 Å². The highest BCUT2D eigenvalue weighted by molar-refractivity contribution is 7.99. The van der Waals surface area contributed by atoms with Gasteiger partial charge in [0.05, 0.1) is 0 Å². The highest BCUT2D eigenvalue weighted by Gasteiger charge is 2.21. The van der Waals surface area contributed by atoms with Crippen LogP contribution in [0.4, 0.5) is 0 Å². The first-order chi connectivity index (χ1) is 8.31. The predicted octanol–water partition coefficient (Wildman–Crippen LogP) is 3.95. The molecule has 0 bridgehead atoms. The molecule has 1 heterocycles. The van der Waals surface area contributed by atoms with Crippen molar-refractivity contribution >= 4 is 23.5 Å². The topological polar surface area (TPSA) is 12.0 Å². The van der Waals surface area contributed by atoms with Gasteiger partial charge in [0.15, 0.2) is 0 Å². The van der Waals surface area contributed by atoms with E-state index in [4.69, 9.17) is 0 Å². The molecule has 0 saturated heterocycles. The van der Waals surface area contributed by atoms with Crippen molar-refractivity contribution in [2.75, 3.05) is 17.3 Å². The average Bonchev–Trinajstić information content (AvgIpc) is 2.37. The summed E-state index contributed by atoms with van der Waals surface area (Å²) in [6.07, 6.45) is 1.25. The molecule has 1 aliphatic rings. The Labute approximate surface area is 113 Å². The molecule has 0 amide bonds. The molecule has 1 nitrogen and oxygen atoms in total. The van der Waals surface area contributed by atoms with Crippen LogP contribution in [0.15, 0.2) is 29.2 Å². The van der Waals surface area contributed by atoms with Gasteiger partial charge < -0.3 is 5.32 Å². The summed E-state index contributed by atoms with van der Waals surface area (Å²) in [5, 5.41) is 3.78. The van der Waals surface area contributed by atoms with Gasteiger partial charge >= 0.3 is 0 Å². The maximum absolute atomic E-state index is 3.78. The van der Waals surface area contributed by atoms with Crippen molar-refractivity contribution in [2.24, 2.45) is 0 Å². The molecule has 1 aromatic carbocycles. The van der Waals surface area contributed by atoms with Crippen LogP contribution in [0.3, 0.4) is 0 Å². The maximum atomic E-state index is 3.78. The lowest BCUT2D eigenvalue weighted by Gasteiger charge is -2.28. The van der Waals surface area contributed by atoms with Gasteiger partial charge in [-0.05, 0) is 36.5 Å². The van der Waals surface area contributed by atoms with Crippen LogP contribution in [0.2, 0.25) is 0 Å². The van der Waals surface area contributed by atoms with E-state index in [-0.39, 0.29) is 0 Å². The number of hydrogen-bond donors (Lipinski definition) is 1. The zero-order valence-electron chi connectivity index (χ0n) is 10.6. The minimum atomic E-state index is 0.555. The van der Waals surface area contributed by atoms with Crippen molar-refractivity contribution in [1.29, 1.82) is 0 Å². The lowest BCUT2D eigenvalue weighted by atomic mass is 10.0. The molecule has 0 spiro atoms. The van der Waals surface area contributed by atoms with Gasteiger partial charge in [-0.25, -0.2) is 0 Å². The van der Waals surface area contributed by atoms with Crippen LogP contribution in [0.1, 0.15) is 31.9 Å². The molecule has 2 atom stereocenters. The van der Waals surface area contributed by atoms with E-state index in [1.165, 1.54) is 34.1 Å². The van der Waals surface area contributed by atoms with E-state index in [0.29, 0.717) is 12.1 Å². The Kier molecular flexibility index (Phi) is 5.26. The fourth-order valence-corrected chi connectivity index (χ4v) is 4.01. The van der Waals surface area contributed by atoms with Crippen molar-refractivity contribution in [1.82, 2.24) is 5.32 Å². The summed E-state index contributed by atoms with van der Waals surface area (Å²) < 4.78 is 0. The van der Waals surface area contributed by atoms with E-state index in [2.05, 4.69) is 43.4 Å². The molecular weight excluding hydrogens is 246 g/mol. The number of nitrogens with one attached hydrogen (secondary N) is 1. The third-order valence-corrected chi connectivity index (χ3v) is 5.28. The number of fused-ring (bicyclic) bond motifs is 1. The van der Waals surface area contributed by atoms with Gasteiger partial charge in [0, 0.05) is 22.7 Å². The molecule has 0 radical (unpaired) electrons. The fraction of sp³-hybridized carbons (Fsp3) is 0.571. The van der Waals surface area contributed by atoms with Crippen LogP contribution >= 0.6 is 23.5 Å². The SMILES string of the molecule is CCSCC(C)NC1CCSc2ccccc21. The molecule has 0 saturated carbocycles. The van der Waals surface area contributed by atoms with Crippen molar-refractivity contribution in [3.63, 3.8) is 0 Å². The number of thioether (sulfide) groups is 2. The summed E-state index contributed by atoms with van der Waals surface area (Å²) in [5.74, 6) is 3.66. The second kappa shape index (κ2) is 6.72. The first-order valence-corrected chi connectivity index (χ1v) is 8.50. The summed E-state index contributed by atoms with van der Waals surface area (Å²) in [5.41, 5.74) is 1.50. The van der Waals surface area contributed by atoms with E-state index in [1.807, 2.05) is 23.5 Å². The minimum Gasteiger partial charge on any atom is -0.307 e. The van der Waals surface area contributed by atoms with Crippen molar-refractivity contribution < 1.29 is 0 Å². The third-order valence-electron chi connectivity index (χ3n) is 3.02. The zero-order valence-corrected chi connectivity index (χ0v) is 12.2. The second-order valence-corrected chi connectivity index (χ2v) is 6.91. The molecule has 2 rings (SSSR count). The first kappa shape index (κ1) is 13.3. The molecule has 2 unspecified atom stereocenters. The van der Waals surface area contributed by atoms with E-state index >= 15 is 0 Å². The summed E-state index contributed by atoms with van der Waals surface area (Å²) in [6, 6.07) is 9.98. The molecule has 94 valence electrons. The Morgan fingerprint density at radius 3 is 3.12 bits per heavy atom. The van der Waals surface area contributed by atoms with Crippen LogP contribution in [0, 0.1) is 0 Å². The largest absolute Gasteiger partial charge is 0.307 e. The van der Waals surface area contributed by atoms with E-state index < -0.39 is 0 Å². The monoisotopic (exact) mass is 267 g/mol. The van der Waals surface area contributed by atoms with Crippen molar-refractivity contribution in [3.8, 4) is 0 Å². The number of hydrogen-bond acceptors (Lipinski definition) is 3. The molecule has 0 fully saturated rings. The van der Waals surface area contributed by atoms with Crippen molar-refractivity contribution in [2.45, 2.75) is 37.2 Å². The van der Waals surface area contributed by atoms with E-state index in [9.17, 15) is 0 Å². The van der Waals surface area contributed by atoms with Gasteiger partial charge in [-0.3, -0.25) is 0 Å². The van der Waals surface area contributed by atoms with Crippen molar-refractivity contribution in [3.05, 3.63) is 29.8 Å². The van der Waals surface area contributed by atoms with Gasteiger partial charge in [-0.15, -0.1) is 11.8 Å². The molecule has 0 aromatic heterocycles. The lowest BCUT2D eigenvalue weighted by molar-refractivity contribution is 0.463. The fourth-order valence-electron chi connectivity index (χ4n) is 2.20. The first-order valence-electron chi connectivity index (χ1n) is 6.36. The number of benzene rings is 1. The van der Waals surface area contributed by atoms with Crippen LogP contribution in [0.5, 0.6) is 0 Å². The molecule has 1 aliphatic heterocycles. The predicted molar refractivity (Wildman–Crippen MR) is 80.1 cm³/mol. The van der Waals surface area contributed by atoms with Gasteiger partial charge in [-0.1, -0.05) is 25.1 Å². The Morgan fingerprint density at radius 1 is 1.47 bits per heavy atom. The quantitative estimate of drug-likeness (QED) is 0.867. The third kappa shape index (κ3) is 3.67. The molecule has 1 N–H and O–H groups in total. The lowest BCUT2D eigenvalue weighted by Crippen LogP contribution is -2.34. The van der Waals surface area contributed by atoms with Crippen LogP contribution < -0.4 is 5.32 Å². The Balaban J connectivity index is 1.98. The Bertz CT molecular complexity index is 354.